The van der Waals surface area contributed by atoms with E-state index in [9.17, 15) is 0 Å². The third-order valence-electron chi connectivity index (χ3n) is 5.67. The summed E-state index contributed by atoms with van der Waals surface area (Å²) in [5, 5.41) is 6.85. The molecule has 1 atom stereocenters. The van der Waals surface area contributed by atoms with E-state index in [-0.39, 0.29) is 6.04 Å². The Morgan fingerprint density at radius 1 is 1.03 bits per heavy atom. The van der Waals surface area contributed by atoms with Gasteiger partial charge in [-0.2, -0.15) is 0 Å². The number of hydrogen-bond donors (Lipinski definition) is 2. The van der Waals surface area contributed by atoms with Gasteiger partial charge in [-0.05, 0) is 37.5 Å². The molecule has 2 aromatic carbocycles. The number of rotatable bonds is 8. The molecule has 1 aliphatic heterocycles. The number of nitrogens with zero attached hydrogens (tertiary/aromatic N) is 2. The van der Waals surface area contributed by atoms with Crippen LogP contribution < -0.4 is 29.7 Å². The first-order valence-electron chi connectivity index (χ1n) is 10.7. The van der Waals surface area contributed by atoms with Crippen molar-refractivity contribution in [2.75, 3.05) is 46.4 Å². The molecule has 1 heterocycles. The third-order valence-corrected chi connectivity index (χ3v) is 5.67. The number of anilines is 1. The average Bonchev–Trinajstić information content (AvgIpc) is 3.36. The molecule has 7 nitrogen and oxygen atoms in total. The van der Waals surface area contributed by atoms with Crippen LogP contribution in [0.1, 0.15) is 36.9 Å². The van der Waals surface area contributed by atoms with E-state index in [2.05, 4.69) is 51.7 Å². The molecule has 0 aromatic heterocycles. The lowest BCUT2D eigenvalue weighted by molar-refractivity contribution is 0.368. The van der Waals surface area contributed by atoms with E-state index in [1.165, 1.54) is 24.1 Å². The maximum Gasteiger partial charge on any atom is 0.191 e. The van der Waals surface area contributed by atoms with Crippen molar-refractivity contribution in [1.29, 1.82) is 0 Å². The molecule has 1 unspecified atom stereocenters. The lowest BCUT2D eigenvalue weighted by atomic mass is 10.1. The summed E-state index contributed by atoms with van der Waals surface area (Å²) in [6.07, 6.45) is 2.54. The van der Waals surface area contributed by atoms with E-state index in [0.29, 0.717) is 29.8 Å². The van der Waals surface area contributed by atoms with Crippen LogP contribution >= 0.6 is 0 Å². The van der Waals surface area contributed by atoms with Crippen molar-refractivity contribution in [2.45, 2.75) is 32.4 Å². The molecule has 31 heavy (non-hydrogen) atoms. The van der Waals surface area contributed by atoms with Crippen LogP contribution in [0, 0.1) is 0 Å². The Kier molecular flexibility index (Phi) is 7.87. The lowest BCUT2D eigenvalue weighted by Crippen LogP contribution is -2.38. The minimum absolute atomic E-state index is 0.105. The Morgan fingerprint density at radius 2 is 1.71 bits per heavy atom. The maximum atomic E-state index is 5.54. The van der Waals surface area contributed by atoms with Gasteiger partial charge in [0.15, 0.2) is 5.96 Å². The van der Waals surface area contributed by atoms with E-state index in [1.807, 2.05) is 12.1 Å². The van der Waals surface area contributed by atoms with E-state index >= 15 is 0 Å². The molecule has 7 heteroatoms. The summed E-state index contributed by atoms with van der Waals surface area (Å²) in [4.78, 5) is 6.84. The van der Waals surface area contributed by atoms with Crippen LogP contribution in [0.5, 0.6) is 17.2 Å². The topological polar surface area (TPSA) is 67.4 Å². The van der Waals surface area contributed by atoms with E-state index in [1.54, 1.807) is 28.4 Å². The number of guanidine groups is 1. The molecule has 168 valence electrons. The van der Waals surface area contributed by atoms with Gasteiger partial charge < -0.3 is 29.7 Å². The van der Waals surface area contributed by atoms with Gasteiger partial charge in [-0.25, -0.2) is 0 Å². The highest BCUT2D eigenvalue weighted by Crippen LogP contribution is 2.34. The number of aliphatic imine (C=N–C) groups is 1. The number of hydrogen-bond acceptors (Lipinski definition) is 5. The van der Waals surface area contributed by atoms with E-state index < -0.39 is 0 Å². The third kappa shape index (κ3) is 5.54. The molecule has 0 spiro atoms. The number of benzene rings is 2. The Hall–Kier alpha value is -3.09. The molecule has 0 saturated carbocycles. The van der Waals surface area contributed by atoms with Crippen LogP contribution in [0.4, 0.5) is 5.69 Å². The van der Waals surface area contributed by atoms with Crippen LogP contribution in [0.2, 0.25) is 0 Å². The van der Waals surface area contributed by atoms with Crippen molar-refractivity contribution < 1.29 is 14.2 Å². The number of ether oxygens (including phenoxy) is 3. The predicted octanol–water partition coefficient (Wildman–Crippen LogP) is 3.74. The summed E-state index contributed by atoms with van der Waals surface area (Å²) < 4.78 is 16.4. The first-order chi connectivity index (χ1) is 15.1. The smallest absolute Gasteiger partial charge is 0.191 e. The van der Waals surface area contributed by atoms with Gasteiger partial charge in [-0.15, -0.1) is 0 Å². The molecule has 3 rings (SSSR count). The summed E-state index contributed by atoms with van der Waals surface area (Å²) in [7, 11) is 6.67. The molecule has 2 N–H and O–H groups in total. The predicted molar refractivity (Wildman–Crippen MR) is 126 cm³/mol. The van der Waals surface area contributed by atoms with Crippen molar-refractivity contribution in [3.05, 3.63) is 47.5 Å². The monoisotopic (exact) mass is 426 g/mol. The fraction of sp³-hybridized carbons (Fsp3) is 0.458. The van der Waals surface area contributed by atoms with Gasteiger partial charge in [0, 0.05) is 38.0 Å². The van der Waals surface area contributed by atoms with E-state index in [4.69, 9.17) is 14.2 Å². The van der Waals surface area contributed by atoms with Crippen molar-refractivity contribution >= 4 is 11.6 Å². The molecule has 0 aliphatic carbocycles. The quantitative estimate of drug-likeness (QED) is 0.495. The van der Waals surface area contributed by atoms with Crippen LogP contribution in [-0.2, 0) is 6.54 Å². The van der Waals surface area contributed by atoms with Gasteiger partial charge in [-0.1, -0.05) is 12.1 Å². The highest BCUT2D eigenvalue weighted by molar-refractivity contribution is 5.80. The van der Waals surface area contributed by atoms with E-state index in [0.717, 1.165) is 18.7 Å². The summed E-state index contributed by atoms with van der Waals surface area (Å²) >= 11 is 0. The molecule has 1 saturated heterocycles. The van der Waals surface area contributed by atoms with Crippen molar-refractivity contribution in [2.24, 2.45) is 4.99 Å². The highest BCUT2D eigenvalue weighted by atomic mass is 16.5. The molecule has 0 radical (unpaired) electrons. The maximum absolute atomic E-state index is 5.54. The van der Waals surface area contributed by atoms with Gasteiger partial charge in [0.25, 0.3) is 0 Å². The second-order valence-electron chi connectivity index (χ2n) is 7.59. The summed E-state index contributed by atoms with van der Waals surface area (Å²) in [5.74, 6) is 2.79. The molecular formula is C24H34N4O3. The van der Waals surface area contributed by atoms with Gasteiger partial charge in [0.1, 0.15) is 17.2 Å². The van der Waals surface area contributed by atoms with Crippen molar-refractivity contribution in [3.63, 3.8) is 0 Å². The van der Waals surface area contributed by atoms with Gasteiger partial charge in [-0.3, -0.25) is 4.99 Å². The average molecular weight is 427 g/mol. The molecule has 1 aliphatic rings. The molecular weight excluding hydrogens is 392 g/mol. The zero-order valence-electron chi connectivity index (χ0n) is 19.2. The first kappa shape index (κ1) is 22.6. The minimum Gasteiger partial charge on any atom is -0.496 e. The van der Waals surface area contributed by atoms with Crippen LogP contribution in [-0.4, -0.2) is 47.4 Å². The van der Waals surface area contributed by atoms with Crippen LogP contribution in [0.3, 0.4) is 0 Å². The lowest BCUT2D eigenvalue weighted by Gasteiger charge is -2.22. The van der Waals surface area contributed by atoms with Gasteiger partial charge in [0.2, 0.25) is 0 Å². The van der Waals surface area contributed by atoms with Crippen molar-refractivity contribution in [3.8, 4) is 17.2 Å². The van der Waals surface area contributed by atoms with Gasteiger partial charge >= 0.3 is 0 Å². The summed E-state index contributed by atoms with van der Waals surface area (Å²) in [5.41, 5.74) is 3.42. The first-order valence-corrected chi connectivity index (χ1v) is 10.7. The van der Waals surface area contributed by atoms with Crippen LogP contribution in [0.15, 0.2) is 41.4 Å². The molecule has 0 amide bonds. The van der Waals surface area contributed by atoms with Crippen molar-refractivity contribution in [1.82, 2.24) is 10.6 Å². The largest absolute Gasteiger partial charge is 0.496 e. The molecule has 2 aromatic rings. The summed E-state index contributed by atoms with van der Waals surface area (Å²) in [6.45, 7) is 4.92. The number of methoxy groups -OCH3 is 3. The Bertz CT molecular complexity index is 869. The second kappa shape index (κ2) is 10.8. The Morgan fingerprint density at radius 3 is 2.29 bits per heavy atom. The standard InChI is InChI=1S/C24H34N4O3/c1-17(18-9-8-10-19(13-18)28-11-6-7-12-28)27-24(25-2)26-16-21-22(30-4)14-20(29-3)15-23(21)31-5/h8-10,13-15,17H,6-7,11-12,16H2,1-5H3,(H2,25,26,27). The second-order valence-corrected chi connectivity index (χ2v) is 7.59. The number of nitrogens with one attached hydrogen (secondary N) is 2. The SMILES string of the molecule is CN=C(NCc1c(OC)cc(OC)cc1OC)NC(C)c1cccc(N2CCCC2)c1. The molecule has 1 fully saturated rings. The highest BCUT2D eigenvalue weighted by Gasteiger charge is 2.16. The molecule has 0 bridgehead atoms. The Labute approximate surface area is 185 Å². The normalized spacial score (nSPS) is 14.9. The Balaban J connectivity index is 1.68. The fourth-order valence-corrected chi connectivity index (χ4v) is 3.87. The zero-order chi connectivity index (χ0) is 22.2. The van der Waals surface area contributed by atoms with Crippen LogP contribution in [0.25, 0.3) is 0 Å². The summed E-state index contributed by atoms with van der Waals surface area (Å²) in [6, 6.07) is 12.5. The van der Waals surface area contributed by atoms with Gasteiger partial charge in [0.05, 0.1) is 39.5 Å². The minimum atomic E-state index is 0.105. The zero-order valence-corrected chi connectivity index (χ0v) is 19.2. The fourth-order valence-electron chi connectivity index (χ4n) is 3.87.